The van der Waals surface area contributed by atoms with Gasteiger partial charge in [-0.05, 0) is 148 Å². The summed E-state index contributed by atoms with van der Waals surface area (Å²) in [6, 6.07) is -0.452. The Morgan fingerprint density at radius 3 is 2.05 bits per heavy atom. The summed E-state index contributed by atoms with van der Waals surface area (Å²) in [7, 11) is 1.34. The van der Waals surface area contributed by atoms with Gasteiger partial charge < -0.3 is 29.7 Å². The van der Waals surface area contributed by atoms with Crippen molar-refractivity contribution >= 4 is 41.5 Å². The van der Waals surface area contributed by atoms with E-state index in [2.05, 4.69) is 114 Å². The molecule has 3 aromatic heterocycles. The molecule has 0 fully saturated rings. The number of aromatic amines is 3. The number of esters is 2. The number of nitrogens with one attached hydrogen (secondary N) is 4. The van der Waals surface area contributed by atoms with Crippen LogP contribution in [0.3, 0.4) is 0 Å². The van der Waals surface area contributed by atoms with Crippen LogP contribution in [0.2, 0.25) is 0 Å². The van der Waals surface area contributed by atoms with Gasteiger partial charge in [0.25, 0.3) is 0 Å². The number of rotatable bonds is 20. The Kier molecular flexibility index (Phi) is 16.3. The van der Waals surface area contributed by atoms with Crippen molar-refractivity contribution in [1.29, 1.82) is 0 Å². The fourth-order valence-electron chi connectivity index (χ4n) is 10.7. The fourth-order valence-corrected chi connectivity index (χ4v) is 10.7. The lowest BCUT2D eigenvalue weighted by Crippen LogP contribution is -2.39. The van der Waals surface area contributed by atoms with Crippen molar-refractivity contribution in [3.05, 3.63) is 89.1 Å². The molecule has 5 heterocycles. The number of aromatic nitrogens is 3. The number of ether oxygens (including phenoxy) is 2. The van der Waals surface area contributed by atoms with Gasteiger partial charge in [0.2, 0.25) is 0 Å². The second kappa shape index (κ2) is 21.5. The van der Waals surface area contributed by atoms with Gasteiger partial charge in [-0.2, -0.15) is 0 Å². The molecule has 1 unspecified atom stereocenters. The summed E-state index contributed by atoms with van der Waals surface area (Å²) in [5.74, 6) is -0.0651. The molecule has 6 rings (SSSR count). The minimum Gasteiger partial charge on any atom is -0.468 e. The molecule has 0 saturated heterocycles. The largest absolute Gasteiger partial charge is 0.468 e. The lowest BCUT2D eigenvalue weighted by molar-refractivity contribution is -0.143. The summed E-state index contributed by atoms with van der Waals surface area (Å²) in [5.41, 5.74) is 12.0. The lowest BCUT2D eigenvalue weighted by Gasteiger charge is -2.26. The summed E-state index contributed by atoms with van der Waals surface area (Å²) in [6.45, 7) is 24.5. The van der Waals surface area contributed by atoms with Crippen LogP contribution in [0.25, 0.3) is 23.8 Å². The highest BCUT2D eigenvalue weighted by atomic mass is 16.5. The summed E-state index contributed by atoms with van der Waals surface area (Å²) in [6.07, 6.45) is 22.3. The van der Waals surface area contributed by atoms with E-state index < -0.39 is 17.9 Å². The topological polar surface area (TPSA) is 129 Å². The third-order valence-corrected chi connectivity index (χ3v) is 14.8. The number of fused-ring (bicyclic) bond motifs is 8. The van der Waals surface area contributed by atoms with Crippen LogP contribution in [0.4, 0.5) is 0 Å². The molecule has 0 amide bonds. The van der Waals surface area contributed by atoms with Gasteiger partial charge in [-0.25, -0.2) is 0 Å². The van der Waals surface area contributed by atoms with Crippen molar-refractivity contribution in [1.82, 2.24) is 20.3 Å². The van der Waals surface area contributed by atoms with Crippen LogP contribution in [0.1, 0.15) is 176 Å². The number of carbonyl (C=O) groups excluding carboxylic acids is 3. The van der Waals surface area contributed by atoms with Crippen LogP contribution in [0.15, 0.2) is 22.9 Å². The Bertz CT molecular complexity index is 2520. The molecule has 0 aromatic carbocycles. The quantitative estimate of drug-likeness (QED) is 0.0510. The molecule has 3 aromatic rings. The molecule has 8 bridgehead atoms. The maximum Gasteiger partial charge on any atom is 0.320 e. The third kappa shape index (κ3) is 10.7. The first kappa shape index (κ1) is 48.7. The van der Waals surface area contributed by atoms with E-state index >= 15 is 0 Å². The molecule has 9 nitrogen and oxygen atoms in total. The van der Waals surface area contributed by atoms with Crippen molar-refractivity contribution in [2.75, 3.05) is 13.7 Å². The summed E-state index contributed by atoms with van der Waals surface area (Å²) in [4.78, 5) is 52.6. The van der Waals surface area contributed by atoms with Crippen molar-refractivity contribution in [3.63, 3.8) is 0 Å². The van der Waals surface area contributed by atoms with Crippen LogP contribution in [-0.4, -0.2) is 52.4 Å². The van der Waals surface area contributed by atoms with Crippen molar-refractivity contribution < 1.29 is 23.9 Å². The van der Waals surface area contributed by atoms with E-state index in [0.29, 0.717) is 22.9 Å². The van der Waals surface area contributed by atoms with Gasteiger partial charge in [-0.3, -0.25) is 14.4 Å². The number of carbonyl (C=O) groups is 3. The summed E-state index contributed by atoms with van der Waals surface area (Å²) < 4.78 is 11.1. The monoisotopic (exact) mass is 875 g/mol. The zero-order valence-electron chi connectivity index (χ0n) is 41.2. The number of hydrogen-bond donors (Lipinski definition) is 4. The molecule has 5 atom stereocenters. The lowest BCUT2D eigenvalue weighted by atomic mass is 9.82. The van der Waals surface area contributed by atoms with Crippen LogP contribution < -0.4 is 26.7 Å². The van der Waals surface area contributed by atoms with E-state index in [0.717, 1.165) is 87.7 Å². The van der Waals surface area contributed by atoms with E-state index in [1.54, 1.807) is 0 Å². The van der Waals surface area contributed by atoms with Crippen LogP contribution in [-0.2, 0) is 31.9 Å². The Balaban J connectivity index is 1.22. The molecule has 4 N–H and O–H groups in total. The molecule has 2 aliphatic heterocycles. The zero-order chi connectivity index (χ0) is 46.4. The number of hydrogen-bond acceptors (Lipinski definition) is 6. The van der Waals surface area contributed by atoms with Gasteiger partial charge in [-0.1, -0.05) is 92.1 Å². The third-order valence-electron chi connectivity index (χ3n) is 14.8. The minimum atomic E-state index is -1.10. The van der Waals surface area contributed by atoms with Gasteiger partial charge in [0, 0.05) is 51.0 Å². The first-order valence-electron chi connectivity index (χ1n) is 24.5. The molecular formula is C55H78N4O5. The number of Topliss-reactive ketones (excluding diaryl/α,β-unsaturated/α-hetero) is 1. The predicted molar refractivity (Wildman–Crippen MR) is 260 cm³/mol. The van der Waals surface area contributed by atoms with Crippen LogP contribution >= 0.6 is 0 Å². The predicted octanol–water partition coefficient (Wildman–Crippen LogP) is 8.88. The molecule has 0 saturated carbocycles. The smallest absolute Gasteiger partial charge is 0.320 e. The number of allylic oxidation sites excluding steroid dienone is 2. The molecule has 0 radical (unpaired) electrons. The van der Waals surface area contributed by atoms with Gasteiger partial charge in [0.1, 0.15) is 12.5 Å². The number of methoxy groups -OCH3 is 1. The maximum absolute atomic E-state index is 14.4. The second-order valence-electron chi connectivity index (χ2n) is 19.9. The van der Waals surface area contributed by atoms with Gasteiger partial charge in [-0.15, -0.1) is 0 Å². The maximum atomic E-state index is 14.4. The highest BCUT2D eigenvalue weighted by Crippen LogP contribution is 2.40. The SMILES string of the molecule is CCc1c2[nH]c(c1C)/C=c1\[nH]/c(c(C)c1CC)=C\C1=C(C)[C@H](CCC(=O)OC/C=C(\C)CCC[C@H](C)CCC[C@H](C)CCCC(C)C)C(N1)C1=c3[nH]/c(c(C)c3C(=O)[C@@H]1C(=O)OC)=C\2. The Morgan fingerprint density at radius 1 is 0.750 bits per heavy atom. The van der Waals surface area contributed by atoms with Gasteiger partial charge in [0.15, 0.2) is 5.78 Å². The van der Waals surface area contributed by atoms with Gasteiger partial charge >= 0.3 is 11.9 Å². The number of ketones is 1. The molecule has 64 heavy (non-hydrogen) atoms. The Hall–Kier alpha value is -4.79. The van der Waals surface area contributed by atoms with E-state index in [-0.39, 0.29) is 30.7 Å². The van der Waals surface area contributed by atoms with Crippen molar-refractivity contribution in [2.24, 2.45) is 29.6 Å². The second-order valence-corrected chi connectivity index (χ2v) is 19.9. The first-order valence-corrected chi connectivity index (χ1v) is 24.5. The molecule has 1 aliphatic carbocycles. The van der Waals surface area contributed by atoms with Gasteiger partial charge in [0.05, 0.1) is 18.5 Å². The van der Waals surface area contributed by atoms with Crippen LogP contribution in [0.5, 0.6) is 0 Å². The molecule has 9 heteroatoms. The average molecular weight is 875 g/mol. The summed E-state index contributed by atoms with van der Waals surface area (Å²) in [5, 5.41) is 7.32. The molecule has 0 spiro atoms. The van der Waals surface area contributed by atoms with Crippen molar-refractivity contribution in [3.8, 4) is 0 Å². The molecular weight excluding hydrogens is 797 g/mol. The fraction of sp³-hybridized carbons (Fsp3) is 0.582. The van der Waals surface area contributed by atoms with E-state index in [1.807, 2.05) is 6.92 Å². The Labute approximate surface area is 382 Å². The van der Waals surface area contributed by atoms with Crippen LogP contribution in [0, 0.1) is 50.4 Å². The number of H-pyrrole nitrogens is 3. The highest BCUT2D eigenvalue weighted by molar-refractivity contribution is 6.19. The highest BCUT2D eigenvalue weighted by Gasteiger charge is 2.47. The van der Waals surface area contributed by atoms with E-state index in [4.69, 9.17) is 9.47 Å². The normalized spacial score (nSPS) is 20.7. The summed E-state index contributed by atoms with van der Waals surface area (Å²) >= 11 is 0. The Morgan fingerprint density at radius 2 is 1.39 bits per heavy atom. The molecule has 348 valence electrons. The van der Waals surface area contributed by atoms with Crippen molar-refractivity contribution in [2.45, 2.75) is 166 Å². The zero-order valence-corrected chi connectivity index (χ0v) is 41.2. The van der Waals surface area contributed by atoms with E-state index in [9.17, 15) is 14.4 Å². The average Bonchev–Trinajstić information content (AvgIpc) is 3.99. The van der Waals surface area contributed by atoms with E-state index in [1.165, 1.54) is 79.9 Å². The standard InChI is InChI=1S/C55H78N4O5/c1-13-39-35(8)42-28-44-37(10)41(24-25-48(60)64-27-26-34(7)23-17-22-33(6)21-16-20-32(5)19-15-18-31(3)4)52(58-44)50-51(55(62)63-12)54(61)49-38(11)45(59-53(49)50)30-47-40(14-2)36(9)43(57-47)29-46(39)56-42/h26,28-33,41,51-52,56-59H,13-25,27H2,1-12H3/b34-26+,42-28-,45-30-,46-29-/t32-,33-,41+,51-,52?/m1/s1. The minimum absolute atomic E-state index is 0.197. The first-order chi connectivity index (χ1) is 30.6. The molecule has 3 aliphatic rings.